The maximum atomic E-state index is 12.0. The van der Waals surface area contributed by atoms with Crippen LogP contribution in [0, 0.1) is 11.8 Å². The normalized spacial score (nSPS) is 21.4. The van der Waals surface area contributed by atoms with Crippen LogP contribution in [0.15, 0.2) is 24.3 Å². The minimum absolute atomic E-state index is 0.117. The Hall–Kier alpha value is -1.72. The molecule has 20 heavy (non-hydrogen) atoms. The molecule has 1 aromatic rings. The molecule has 0 radical (unpaired) electrons. The Morgan fingerprint density at radius 2 is 1.95 bits per heavy atom. The molecule has 1 aromatic carbocycles. The third kappa shape index (κ3) is 4.75. The maximum Gasteiger partial charge on any atom is 0.573 e. The number of hydrogen-bond acceptors (Lipinski definition) is 2. The van der Waals surface area contributed by atoms with Crippen molar-refractivity contribution >= 4 is 5.91 Å². The van der Waals surface area contributed by atoms with Crippen molar-refractivity contribution in [3.05, 3.63) is 29.8 Å². The second kappa shape index (κ2) is 5.73. The molecule has 1 saturated carbocycles. The number of ether oxygens (including phenoxy) is 1. The van der Waals surface area contributed by atoms with E-state index in [-0.39, 0.29) is 18.1 Å². The second-order valence-electron chi connectivity index (χ2n) is 5.15. The molecule has 1 fully saturated rings. The topological polar surface area (TPSA) is 38.3 Å². The Bertz CT molecular complexity index is 470. The van der Waals surface area contributed by atoms with E-state index >= 15 is 0 Å². The highest BCUT2D eigenvalue weighted by Crippen LogP contribution is 2.36. The first-order valence-corrected chi connectivity index (χ1v) is 6.45. The Kier molecular flexibility index (Phi) is 4.20. The van der Waals surface area contributed by atoms with Gasteiger partial charge in [-0.1, -0.05) is 19.1 Å². The molecule has 0 bridgehead atoms. The molecular weight excluding hydrogens is 271 g/mol. The van der Waals surface area contributed by atoms with E-state index in [1.807, 2.05) is 0 Å². The number of benzene rings is 1. The molecule has 1 amide bonds. The lowest BCUT2D eigenvalue weighted by Crippen LogP contribution is -2.27. The average molecular weight is 287 g/mol. The second-order valence-corrected chi connectivity index (χ2v) is 5.15. The van der Waals surface area contributed by atoms with Gasteiger partial charge in [-0.05, 0) is 36.0 Å². The van der Waals surface area contributed by atoms with Crippen LogP contribution in [0.3, 0.4) is 0 Å². The van der Waals surface area contributed by atoms with Crippen LogP contribution in [-0.4, -0.2) is 18.8 Å². The van der Waals surface area contributed by atoms with Crippen molar-refractivity contribution in [2.24, 2.45) is 11.8 Å². The van der Waals surface area contributed by atoms with Crippen LogP contribution in [0.4, 0.5) is 13.2 Å². The van der Waals surface area contributed by atoms with Gasteiger partial charge in [0.25, 0.3) is 0 Å². The van der Waals surface area contributed by atoms with Crippen LogP contribution in [0.25, 0.3) is 0 Å². The minimum atomic E-state index is -4.69. The lowest BCUT2D eigenvalue weighted by Gasteiger charge is -2.09. The van der Waals surface area contributed by atoms with Crippen molar-refractivity contribution in [1.82, 2.24) is 5.32 Å². The lowest BCUT2D eigenvalue weighted by molar-refractivity contribution is -0.274. The zero-order valence-electron chi connectivity index (χ0n) is 11.0. The summed E-state index contributed by atoms with van der Waals surface area (Å²) in [6, 6.07) is 5.33. The highest BCUT2D eigenvalue weighted by atomic mass is 19.4. The molecule has 0 heterocycles. The number of halogens is 3. The summed E-state index contributed by atoms with van der Waals surface area (Å²) in [5.41, 5.74) is 0.654. The Balaban J connectivity index is 1.79. The molecule has 0 saturated heterocycles. The van der Waals surface area contributed by atoms with Crippen molar-refractivity contribution in [2.45, 2.75) is 26.1 Å². The highest BCUT2D eigenvalue weighted by Gasteiger charge is 2.32. The van der Waals surface area contributed by atoms with E-state index in [0.717, 1.165) is 6.42 Å². The van der Waals surface area contributed by atoms with Crippen molar-refractivity contribution in [1.29, 1.82) is 0 Å². The summed E-state index contributed by atoms with van der Waals surface area (Å²) in [6.07, 6.45) is -3.39. The van der Waals surface area contributed by atoms with Gasteiger partial charge < -0.3 is 10.1 Å². The van der Waals surface area contributed by atoms with Crippen LogP contribution in [0.5, 0.6) is 5.75 Å². The molecule has 2 atom stereocenters. The third-order valence-corrected chi connectivity index (χ3v) is 3.36. The van der Waals surface area contributed by atoms with Gasteiger partial charge in [-0.2, -0.15) is 0 Å². The molecule has 1 N–H and O–H groups in total. The number of nitrogens with one attached hydrogen (secondary N) is 1. The number of hydrogen-bond donors (Lipinski definition) is 1. The summed E-state index contributed by atoms with van der Waals surface area (Å²) in [4.78, 5) is 11.6. The monoisotopic (exact) mass is 287 g/mol. The number of carbonyl (C=O) groups excluding carboxylic acids is 1. The van der Waals surface area contributed by atoms with Gasteiger partial charge in [-0.3, -0.25) is 4.79 Å². The molecule has 0 aliphatic heterocycles. The molecular formula is C14H16F3NO2. The van der Waals surface area contributed by atoms with Crippen LogP contribution < -0.4 is 10.1 Å². The molecule has 1 aliphatic carbocycles. The van der Waals surface area contributed by atoms with Crippen LogP contribution in [-0.2, 0) is 11.2 Å². The smallest absolute Gasteiger partial charge is 0.406 e. The largest absolute Gasteiger partial charge is 0.573 e. The van der Waals surface area contributed by atoms with Crippen molar-refractivity contribution in [2.75, 3.05) is 6.54 Å². The summed E-state index contributed by atoms with van der Waals surface area (Å²) < 4.78 is 39.7. The molecule has 110 valence electrons. The van der Waals surface area contributed by atoms with Gasteiger partial charge in [0, 0.05) is 6.54 Å². The van der Waals surface area contributed by atoms with Crippen molar-refractivity contribution in [3.8, 4) is 5.75 Å². The zero-order chi connectivity index (χ0) is 14.8. The average Bonchev–Trinajstić information content (AvgIpc) is 3.04. The van der Waals surface area contributed by atoms with Crippen LogP contribution in [0.2, 0.25) is 0 Å². The van der Waals surface area contributed by atoms with Gasteiger partial charge in [0.05, 0.1) is 6.42 Å². The number of carbonyl (C=O) groups is 1. The fourth-order valence-corrected chi connectivity index (χ4v) is 1.99. The fourth-order valence-electron chi connectivity index (χ4n) is 1.99. The molecule has 0 aromatic heterocycles. The number of rotatable bonds is 5. The maximum absolute atomic E-state index is 12.0. The predicted molar refractivity (Wildman–Crippen MR) is 67.1 cm³/mol. The Morgan fingerprint density at radius 1 is 1.35 bits per heavy atom. The molecule has 6 heteroatoms. The van der Waals surface area contributed by atoms with Gasteiger partial charge in [0.1, 0.15) is 5.75 Å². The standard InChI is InChI=1S/C14H16F3NO2/c1-9-6-11(9)8-18-13(19)7-10-2-4-12(5-3-10)20-14(15,16)17/h2-5,9,11H,6-8H2,1H3,(H,18,19)/t9-,11-/m1/s1. The van der Waals surface area contributed by atoms with E-state index in [2.05, 4.69) is 17.0 Å². The van der Waals surface area contributed by atoms with Crippen molar-refractivity contribution < 1.29 is 22.7 Å². The zero-order valence-corrected chi connectivity index (χ0v) is 11.0. The van der Waals surface area contributed by atoms with E-state index in [1.165, 1.54) is 24.3 Å². The van der Waals surface area contributed by atoms with Crippen molar-refractivity contribution in [3.63, 3.8) is 0 Å². The first-order chi connectivity index (χ1) is 9.33. The van der Waals surface area contributed by atoms with E-state index in [9.17, 15) is 18.0 Å². The molecule has 0 unspecified atom stereocenters. The molecule has 2 rings (SSSR count). The van der Waals surface area contributed by atoms with E-state index < -0.39 is 6.36 Å². The quantitative estimate of drug-likeness (QED) is 0.904. The molecule has 0 spiro atoms. The third-order valence-electron chi connectivity index (χ3n) is 3.36. The SMILES string of the molecule is C[C@@H]1C[C@@H]1CNC(=O)Cc1ccc(OC(F)(F)F)cc1. The van der Waals surface area contributed by atoms with Gasteiger partial charge in [0.2, 0.25) is 5.91 Å². The molecule has 1 aliphatic rings. The van der Waals surface area contributed by atoms with Gasteiger partial charge in [0.15, 0.2) is 0 Å². The summed E-state index contributed by atoms with van der Waals surface area (Å²) in [7, 11) is 0. The molecule has 3 nitrogen and oxygen atoms in total. The summed E-state index contributed by atoms with van der Waals surface area (Å²) in [5, 5.41) is 2.83. The van der Waals surface area contributed by atoms with E-state index in [1.54, 1.807) is 0 Å². The summed E-state index contributed by atoms with van der Waals surface area (Å²) in [6.45, 7) is 2.81. The van der Waals surface area contributed by atoms with Gasteiger partial charge in [-0.25, -0.2) is 0 Å². The lowest BCUT2D eigenvalue weighted by atomic mass is 10.1. The predicted octanol–water partition coefficient (Wildman–Crippen LogP) is 2.90. The van der Waals surface area contributed by atoms with Crippen LogP contribution >= 0.6 is 0 Å². The highest BCUT2D eigenvalue weighted by molar-refractivity contribution is 5.78. The minimum Gasteiger partial charge on any atom is -0.406 e. The van der Waals surface area contributed by atoms with E-state index in [4.69, 9.17) is 0 Å². The van der Waals surface area contributed by atoms with Crippen LogP contribution in [0.1, 0.15) is 18.9 Å². The Morgan fingerprint density at radius 3 is 2.45 bits per heavy atom. The van der Waals surface area contributed by atoms with Gasteiger partial charge in [-0.15, -0.1) is 13.2 Å². The Labute approximate surface area is 115 Å². The summed E-state index contributed by atoms with van der Waals surface area (Å²) in [5.74, 6) is 0.845. The first-order valence-electron chi connectivity index (χ1n) is 6.45. The van der Waals surface area contributed by atoms with E-state index in [0.29, 0.717) is 23.9 Å². The van der Waals surface area contributed by atoms with Gasteiger partial charge >= 0.3 is 6.36 Å². The fraction of sp³-hybridized carbons (Fsp3) is 0.500. The first kappa shape index (κ1) is 14.7. The number of alkyl halides is 3. The summed E-state index contributed by atoms with van der Waals surface area (Å²) >= 11 is 0. The number of amides is 1.